The molecule has 0 aliphatic carbocycles. The van der Waals surface area contributed by atoms with Gasteiger partial charge in [0.05, 0.1) is 11.6 Å². The Morgan fingerprint density at radius 2 is 1.55 bits per heavy atom. The van der Waals surface area contributed by atoms with Crippen molar-refractivity contribution in [2.75, 3.05) is 13.1 Å². The fourth-order valence-electron chi connectivity index (χ4n) is 4.51. The summed E-state index contributed by atoms with van der Waals surface area (Å²) in [5, 5.41) is 9.14. The summed E-state index contributed by atoms with van der Waals surface area (Å²) in [6, 6.07) is 28.5. The van der Waals surface area contributed by atoms with E-state index in [4.69, 9.17) is 10.00 Å². The number of nitrogens with zero attached hydrogens (tertiary/aromatic N) is 2. The monoisotopic (exact) mass is 410 g/mol. The van der Waals surface area contributed by atoms with Gasteiger partial charge in [-0.05, 0) is 60.6 Å². The van der Waals surface area contributed by atoms with Gasteiger partial charge in [-0.25, -0.2) is 4.79 Å². The molecule has 0 unspecified atom stereocenters. The molecule has 156 valence electrons. The van der Waals surface area contributed by atoms with E-state index in [1.807, 2.05) is 19.1 Å². The maximum Gasteiger partial charge on any atom is 0.415 e. The SMILES string of the molecule is Cc1cc(C#N)cc(OC(=O)N2CCC(C(c3ccccc3)c3ccccc3)CC2)c1. The number of carbonyl (C=O) groups is 1. The Balaban J connectivity index is 1.45. The number of nitriles is 1. The highest BCUT2D eigenvalue weighted by Gasteiger charge is 2.31. The first-order valence-corrected chi connectivity index (χ1v) is 10.7. The zero-order valence-electron chi connectivity index (χ0n) is 17.7. The molecule has 3 aromatic carbocycles. The second-order valence-corrected chi connectivity index (χ2v) is 8.14. The van der Waals surface area contributed by atoms with E-state index in [-0.39, 0.29) is 6.09 Å². The number of hydrogen-bond donors (Lipinski definition) is 0. The quantitative estimate of drug-likeness (QED) is 0.537. The smallest absolute Gasteiger partial charge is 0.410 e. The van der Waals surface area contributed by atoms with Crippen molar-refractivity contribution in [3.63, 3.8) is 0 Å². The van der Waals surface area contributed by atoms with E-state index in [9.17, 15) is 4.79 Å². The minimum atomic E-state index is -0.344. The maximum atomic E-state index is 12.7. The van der Waals surface area contributed by atoms with Gasteiger partial charge in [-0.3, -0.25) is 0 Å². The molecule has 3 aromatic rings. The van der Waals surface area contributed by atoms with Crippen molar-refractivity contribution in [1.82, 2.24) is 4.90 Å². The van der Waals surface area contributed by atoms with E-state index in [1.54, 1.807) is 23.1 Å². The van der Waals surface area contributed by atoms with Gasteiger partial charge in [-0.1, -0.05) is 60.7 Å². The van der Waals surface area contributed by atoms with Crippen molar-refractivity contribution >= 4 is 6.09 Å². The number of rotatable bonds is 4. The van der Waals surface area contributed by atoms with Crippen LogP contribution in [0.15, 0.2) is 78.9 Å². The van der Waals surface area contributed by atoms with Crippen LogP contribution in [0, 0.1) is 24.2 Å². The zero-order chi connectivity index (χ0) is 21.6. The standard InChI is InChI=1S/C27H26N2O2/c1-20-16-21(19-28)18-25(17-20)31-27(30)29-14-12-24(13-15-29)26(22-8-4-2-5-9-22)23-10-6-3-7-11-23/h2-11,16-18,24,26H,12-15H2,1H3. The zero-order valence-corrected chi connectivity index (χ0v) is 17.7. The van der Waals surface area contributed by atoms with E-state index >= 15 is 0 Å². The fourth-order valence-corrected chi connectivity index (χ4v) is 4.51. The molecule has 0 saturated carbocycles. The largest absolute Gasteiger partial charge is 0.415 e. The van der Waals surface area contributed by atoms with Crippen molar-refractivity contribution in [3.8, 4) is 11.8 Å². The van der Waals surface area contributed by atoms with Gasteiger partial charge in [-0.15, -0.1) is 0 Å². The predicted molar refractivity (Wildman–Crippen MR) is 121 cm³/mol. The Bertz CT molecular complexity index is 1030. The maximum absolute atomic E-state index is 12.7. The molecular formula is C27H26N2O2. The van der Waals surface area contributed by atoms with Crippen LogP contribution in [0.2, 0.25) is 0 Å². The molecule has 4 rings (SSSR count). The Labute approximate surface area is 183 Å². The molecule has 1 aliphatic rings. The number of amides is 1. The van der Waals surface area contributed by atoms with Gasteiger partial charge in [-0.2, -0.15) is 5.26 Å². The minimum absolute atomic E-state index is 0.315. The summed E-state index contributed by atoms with van der Waals surface area (Å²) < 4.78 is 5.58. The average Bonchev–Trinajstić information content (AvgIpc) is 2.80. The van der Waals surface area contributed by atoms with Crippen molar-refractivity contribution < 1.29 is 9.53 Å². The van der Waals surface area contributed by atoms with E-state index in [0.717, 1.165) is 18.4 Å². The predicted octanol–water partition coefficient (Wildman–Crippen LogP) is 5.91. The molecule has 0 atom stereocenters. The molecule has 1 fully saturated rings. The summed E-state index contributed by atoms with van der Waals surface area (Å²) in [5.41, 5.74) is 4.03. The summed E-state index contributed by atoms with van der Waals surface area (Å²) in [7, 11) is 0. The summed E-state index contributed by atoms with van der Waals surface area (Å²) in [6.45, 7) is 3.21. The number of aryl methyl sites for hydroxylation is 1. The number of piperidine rings is 1. The number of likely N-dealkylation sites (tertiary alicyclic amines) is 1. The molecule has 1 amide bonds. The van der Waals surface area contributed by atoms with Gasteiger partial charge in [0.1, 0.15) is 5.75 Å². The Morgan fingerprint density at radius 3 is 2.10 bits per heavy atom. The van der Waals surface area contributed by atoms with Crippen LogP contribution in [-0.2, 0) is 0 Å². The molecule has 0 aromatic heterocycles. The molecule has 0 spiro atoms. The van der Waals surface area contributed by atoms with Crippen LogP contribution in [0.3, 0.4) is 0 Å². The molecule has 31 heavy (non-hydrogen) atoms. The lowest BCUT2D eigenvalue weighted by atomic mass is 9.76. The molecule has 4 heteroatoms. The fraction of sp³-hybridized carbons (Fsp3) is 0.259. The van der Waals surface area contributed by atoms with Crippen LogP contribution in [-0.4, -0.2) is 24.1 Å². The normalized spacial score (nSPS) is 14.3. The van der Waals surface area contributed by atoms with Crippen LogP contribution >= 0.6 is 0 Å². The van der Waals surface area contributed by atoms with Crippen molar-refractivity contribution in [2.45, 2.75) is 25.7 Å². The van der Waals surface area contributed by atoms with Crippen LogP contribution in [0.25, 0.3) is 0 Å². The number of ether oxygens (including phenoxy) is 1. The van der Waals surface area contributed by atoms with E-state index in [2.05, 4.69) is 54.6 Å². The molecule has 0 radical (unpaired) electrons. The first kappa shape index (κ1) is 20.7. The number of carbonyl (C=O) groups excluding carboxylic acids is 1. The summed E-state index contributed by atoms with van der Waals surface area (Å²) in [6.07, 6.45) is 1.49. The number of benzene rings is 3. The molecule has 0 bridgehead atoms. The second kappa shape index (κ2) is 9.49. The lowest BCUT2D eigenvalue weighted by Gasteiger charge is -2.36. The Morgan fingerprint density at radius 1 is 0.968 bits per heavy atom. The molecule has 0 N–H and O–H groups in total. The highest BCUT2D eigenvalue weighted by atomic mass is 16.6. The van der Waals surface area contributed by atoms with Gasteiger partial charge < -0.3 is 9.64 Å². The molecule has 1 heterocycles. The lowest BCUT2D eigenvalue weighted by Crippen LogP contribution is -2.41. The summed E-state index contributed by atoms with van der Waals surface area (Å²) in [5.74, 6) is 1.20. The first-order chi connectivity index (χ1) is 15.1. The van der Waals surface area contributed by atoms with Gasteiger partial charge in [0.2, 0.25) is 0 Å². The second-order valence-electron chi connectivity index (χ2n) is 8.14. The highest BCUT2D eigenvalue weighted by molar-refractivity contribution is 5.71. The topological polar surface area (TPSA) is 53.3 Å². The third-order valence-electron chi connectivity index (χ3n) is 5.97. The van der Waals surface area contributed by atoms with Crippen molar-refractivity contribution in [3.05, 3.63) is 101 Å². The van der Waals surface area contributed by atoms with Gasteiger partial charge in [0.25, 0.3) is 0 Å². The number of hydrogen-bond acceptors (Lipinski definition) is 3. The molecular weight excluding hydrogens is 384 g/mol. The molecule has 4 nitrogen and oxygen atoms in total. The minimum Gasteiger partial charge on any atom is -0.410 e. The van der Waals surface area contributed by atoms with Crippen molar-refractivity contribution in [1.29, 1.82) is 5.26 Å². The molecule has 1 aliphatic heterocycles. The summed E-state index contributed by atoms with van der Waals surface area (Å²) >= 11 is 0. The van der Waals surface area contributed by atoms with Gasteiger partial charge in [0.15, 0.2) is 0 Å². The van der Waals surface area contributed by atoms with Crippen LogP contribution in [0.5, 0.6) is 5.75 Å². The first-order valence-electron chi connectivity index (χ1n) is 10.7. The third-order valence-corrected chi connectivity index (χ3v) is 5.97. The van der Waals surface area contributed by atoms with E-state index in [0.29, 0.717) is 36.2 Å². The summed E-state index contributed by atoms with van der Waals surface area (Å²) in [4.78, 5) is 14.5. The Hall–Kier alpha value is -3.58. The average molecular weight is 411 g/mol. The lowest BCUT2D eigenvalue weighted by molar-refractivity contribution is 0.128. The van der Waals surface area contributed by atoms with E-state index in [1.165, 1.54) is 11.1 Å². The third kappa shape index (κ3) is 4.95. The Kier molecular flexibility index (Phi) is 6.33. The van der Waals surface area contributed by atoms with E-state index < -0.39 is 0 Å². The van der Waals surface area contributed by atoms with Crippen LogP contribution in [0.1, 0.15) is 41.0 Å². The van der Waals surface area contributed by atoms with Gasteiger partial charge >= 0.3 is 6.09 Å². The van der Waals surface area contributed by atoms with Crippen LogP contribution in [0.4, 0.5) is 4.79 Å². The van der Waals surface area contributed by atoms with Crippen molar-refractivity contribution in [2.24, 2.45) is 5.92 Å². The molecule has 1 saturated heterocycles. The highest BCUT2D eigenvalue weighted by Crippen LogP contribution is 2.38. The van der Waals surface area contributed by atoms with Crippen LogP contribution < -0.4 is 4.74 Å². The van der Waals surface area contributed by atoms with Gasteiger partial charge in [0, 0.05) is 19.0 Å².